The molecular weight excluding hydrogens is 437 g/mol. The fourth-order valence-electron chi connectivity index (χ4n) is 3.78. The van der Waals surface area contributed by atoms with Gasteiger partial charge in [-0.2, -0.15) is 4.39 Å². The minimum atomic E-state index is -3.33. The first-order valence-electron chi connectivity index (χ1n) is 10.6. The molecule has 2 aromatic heterocycles. The molecule has 2 atom stereocenters. The Bertz CT molecular complexity index is 988. The van der Waals surface area contributed by atoms with Crippen LogP contribution in [-0.2, 0) is 0 Å². The summed E-state index contributed by atoms with van der Waals surface area (Å²) in [5.41, 5.74) is -0.228. The number of hydrogen-bond acceptors (Lipinski definition) is 7. The summed E-state index contributed by atoms with van der Waals surface area (Å²) in [4.78, 5) is 27.4. The molecule has 1 saturated heterocycles. The number of ether oxygens (including phenoxy) is 1. The van der Waals surface area contributed by atoms with Crippen LogP contribution in [0.3, 0.4) is 0 Å². The molecule has 0 bridgehead atoms. The first-order valence-corrected chi connectivity index (χ1v) is 10.6. The van der Waals surface area contributed by atoms with E-state index in [2.05, 4.69) is 70.0 Å². The summed E-state index contributed by atoms with van der Waals surface area (Å²) in [5, 5.41) is 5.83. The van der Waals surface area contributed by atoms with Crippen LogP contribution in [0.25, 0.3) is 0 Å². The van der Waals surface area contributed by atoms with Crippen LogP contribution in [0.15, 0.2) is 30.7 Å². The molecule has 8 nitrogen and oxygen atoms in total. The third kappa shape index (κ3) is 5.18. The van der Waals surface area contributed by atoms with Gasteiger partial charge in [-0.3, -0.25) is 9.78 Å². The molecule has 1 aliphatic rings. The number of pyridine rings is 1. The number of halogens is 3. The molecule has 2 unspecified atom stereocenters. The fraction of sp³-hybridized carbons (Fsp3) is 0.545. The number of nitrogens with zero attached hydrogens (tertiary/aromatic N) is 4. The average molecular weight is 467 g/mol. The number of piperidine rings is 1. The van der Waals surface area contributed by atoms with Crippen molar-refractivity contribution < 1.29 is 22.7 Å². The first-order chi connectivity index (χ1) is 15.4. The Labute approximate surface area is 191 Å². The van der Waals surface area contributed by atoms with Gasteiger partial charge in [-0.1, -0.05) is 13.8 Å². The molecular formula is C22H29F3N6O2. The third-order valence-electron chi connectivity index (χ3n) is 6.81. The first kappa shape index (κ1) is 24.7. The Hall–Kier alpha value is -2.95. The van der Waals surface area contributed by atoms with Crippen LogP contribution in [0.1, 0.15) is 44.6 Å². The third-order valence-corrected chi connectivity index (χ3v) is 6.81. The van der Waals surface area contributed by atoms with Crippen molar-refractivity contribution in [3.05, 3.63) is 36.4 Å². The number of anilines is 2. The van der Waals surface area contributed by atoms with Gasteiger partial charge in [0.05, 0.1) is 6.20 Å². The second kappa shape index (κ2) is 9.50. The van der Waals surface area contributed by atoms with Crippen molar-refractivity contribution in [3.63, 3.8) is 0 Å². The summed E-state index contributed by atoms with van der Waals surface area (Å²) in [6, 6.07) is 2.66. The average Bonchev–Trinajstić information content (AvgIpc) is 2.76. The molecule has 0 aliphatic carbocycles. The maximum atomic E-state index is 13.3. The second-order valence-electron chi connectivity index (χ2n) is 9.08. The van der Waals surface area contributed by atoms with Crippen LogP contribution in [0.4, 0.5) is 24.8 Å². The summed E-state index contributed by atoms with van der Waals surface area (Å²) in [6.45, 7) is 9.63. The van der Waals surface area contributed by atoms with Gasteiger partial charge in [-0.25, -0.2) is 18.7 Å². The zero-order valence-electron chi connectivity index (χ0n) is 19.3. The van der Waals surface area contributed by atoms with E-state index in [4.69, 9.17) is 0 Å². The monoisotopic (exact) mass is 466 g/mol. The maximum absolute atomic E-state index is 13.3. The Morgan fingerprint density at radius 2 is 1.94 bits per heavy atom. The Morgan fingerprint density at radius 3 is 2.64 bits per heavy atom. The normalized spacial score (nSPS) is 20.8. The maximum Gasteiger partial charge on any atom is 0.304 e. The molecule has 1 amide bonds. The number of hydrogen-bond donors (Lipinski definition) is 2. The minimum Gasteiger partial charge on any atom is -0.452 e. The summed E-state index contributed by atoms with van der Waals surface area (Å²) in [7, 11) is 2.10. The number of carbonyl (C=O) groups excluding carboxylic acids is 1. The van der Waals surface area contributed by atoms with Crippen LogP contribution in [-0.4, -0.2) is 63.7 Å². The van der Waals surface area contributed by atoms with Crippen molar-refractivity contribution in [1.29, 1.82) is 0 Å². The van der Waals surface area contributed by atoms with Gasteiger partial charge in [0.1, 0.15) is 17.1 Å². The predicted octanol–water partition coefficient (Wildman–Crippen LogP) is 3.98. The summed E-state index contributed by atoms with van der Waals surface area (Å²) < 4.78 is 42.9. The number of nitrogens with one attached hydrogen (secondary N) is 2. The van der Waals surface area contributed by atoms with Crippen molar-refractivity contribution in [3.8, 4) is 5.75 Å². The lowest BCUT2D eigenvalue weighted by Gasteiger charge is -2.56. The van der Waals surface area contributed by atoms with Gasteiger partial charge in [0.2, 0.25) is 5.95 Å². The molecule has 2 N–H and O–H groups in total. The van der Waals surface area contributed by atoms with E-state index in [-0.39, 0.29) is 34.1 Å². The lowest BCUT2D eigenvalue weighted by atomic mass is 9.65. The van der Waals surface area contributed by atoms with Gasteiger partial charge < -0.3 is 20.3 Å². The predicted molar refractivity (Wildman–Crippen MR) is 118 cm³/mol. The van der Waals surface area contributed by atoms with Crippen molar-refractivity contribution in [2.24, 2.45) is 5.41 Å². The standard InChI is InChI=1S/C22H29F3N6O2/c1-21(2)16(8-11-31(5)22(21,3)4)30-20-27-10-6-13(29-20)19(32)28-14-12-26-9-7-15(14)33-18(25)17(23)24/h6-7,9-10,12,16-18H,8,11H2,1-5H3,(H,28,32)(H,27,29,30). The van der Waals surface area contributed by atoms with Crippen LogP contribution in [0, 0.1) is 5.41 Å². The number of amides is 1. The number of alkyl halides is 3. The van der Waals surface area contributed by atoms with Crippen molar-refractivity contribution in [1.82, 2.24) is 19.9 Å². The van der Waals surface area contributed by atoms with Gasteiger partial charge in [0, 0.05) is 42.0 Å². The molecule has 0 spiro atoms. The van der Waals surface area contributed by atoms with Crippen molar-refractivity contribution in [2.75, 3.05) is 24.2 Å². The largest absolute Gasteiger partial charge is 0.452 e. The zero-order valence-corrected chi connectivity index (χ0v) is 19.3. The van der Waals surface area contributed by atoms with E-state index in [0.29, 0.717) is 5.95 Å². The van der Waals surface area contributed by atoms with E-state index in [1.54, 1.807) is 0 Å². The fourth-order valence-corrected chi connectivity index (χ4v) is 3.78. The second-order valence-corrected chi connectivity index (χ2v) is 9.08. The smallest absolute Gasteiger partial charge is 0.304 e. The van der Waals surface area contributed by atoms with Gasteiger partial charge in [0.25, 0.3) is 12.3 Å². The summed E-state index contributed by atoms with van der Waals surface area (Å²) >= 11 is 0. The minimum absolute atomic E-state index is 0.0398. The van der Waals surface area contributed by atoms with Gasteiger partial charge in [-0.15, -0.1) is 0 Å². The van der Waals surface area contributed by atoms with E-state index >= 15 is 0 Å². The molecule has 0 saturated carbocycles. The molecule has 3 rings (SSSR count). The van der Waals surface area contributed by atoms with E-state index in [1.165, 1.54) is 30.7 Å². The van der Waals surface area contributed by atoms with Crippen molar-refractivity contribution >= 4 is 17.5 Å². The van der Waals surface area contributed by atoms with E-state index in [0.717, 1.165) is 13.0 Å². The highest BCUT2D eigenvalue weighted by Gasteiger charge is 2.49. The quantitative estimate of drug-likeness (QED) is 0.638. The molecule has 2 aromatic rings. The lowest BCUT2D eigenvalue weighted by Crippen LogP contribution is -2.63. The number of likely N-dealkylation sites (tertiary alicyclic amines) is 1. The molecule has 1 fully saturated rings. The topological polar surface area (TPSA) is 92.3 Å². The number of carbonyl (C=O) groups is 1. The molecule has 1 aliphatic heterocycles. The Kier molecular flexibility index (Phi) is 7.11. The van der Waals surface area contributed by atoms with Gasteiger partial charge in [-0.05, 0) is 33.4 Å². The van der Waals surface area contributed by atoms with Crippen LogP contribution >= 0.6 is 0 Å². The lowest BCUT2D eigenvalue weighted by molar-refractivity contribution is -0.0665. The van der Waals surface area contributed by atoms with Crippen LogP contribution in [0.2, 0.25) is 0 Å². The molecule has 0 aromatic carbocycles. The molecule has 0 radical (unpaired) electrons. The van der Waals surface area contributed by atoms with E-state index in [1.807, 2.05) is 0 Å². The van der Waals surface area contributed by atoms with Gasteiger partial charge in [0.15, 0.2) is 0 Å². The number of rotatable bonds is 7. The molecule has 11 heteroatoms. The Balaban J connectivity index is 1.75. The highest BCUT2D eigenvalue weighted by atomic mass is 19.3. The SMILES string of the molecule is CN1CCC(Nc2nccc(C(=O)Nc3cnccc3OC(F)C(F)F)n2)C(C)(C)C1(C)C. The number of aromatic nitrogens is 3. The highest BCUT2D eigenvalue weighted by Crippen LogP contribution is 2.43. The highest BCUT2D eigenvalue weighted by molar-refractivity contribution is 6.03. The van der Waals surface area contributed by atoms with Crippen LogP contribution in [0.5, 0.6) is 5.75 Å². The summed E-state index contributed by atoms with van der Waals surface area (Å²) in [5.74, 6) is -0.618. The molecule has 3 heterocycles. The molecule has 180 valence electrons. The van der Waals surface area contributed by atoms with Crippen LogP contribution < -0.4 is 15.4 Å². The van der Waals surface area contributed by atoms with E-state index in [9.17, 15) is 18.0 Å². The zero-order chi connectivity index (χ0) is 24.4. The molecule has 33 heavy (non-hydrogen) atoms. The van der Waals surface area contributed by atoms with Crippen molar-refractivity contribution in [2.45, 2.75) is 58.5 Å². The summed E-state index contributed by atoms with van der Waals surface area (Å²) in [6.07, 6.45) is -1.43. The van der Waals surface area contributed by atoms with E-state index < -0.39 is 18.7 Å². The van der Waals surface area contributed by atoms with Gasteiger partial charge >= 0.3 is 6.43 Å². The Morgan fingerprint density at radius 1 is 1.21 bits per heavy atom.